The highest BCUT2D eigenvalue weighted by molar-refractivity contribution is 8.06. The standard InChI is InChI=1S/C22H16F3N3O5S/c23-22(24,25)21(27-20(30)34(31,32)17-11-5-2-6-12-17)19(29)28(14-16-10-7-13-33-16)18(26-21)15-8-3-1-4-9-15/h1-13H,14H2,(H,27,30)/t21-/m0/s1. The van der Waals surface area contributed by atoms with Crippen molar-refractivity contribution >= 4 is 26.8 Å². The molecule has 1 atom stereocenters. The molecule has 0 saturated heterocycles. The first-order valence-corrected chi connectivity index (χ1v) is 11.2. The molecule has 1 aliphatic heterocycles. The smallest absolute Gasteiger partial charge is 0.442 e. The fourth-order valence-corrected chi connectivity index (χ4v) is 4.34. The molecule has 4 rings (SSSR count). The molecule has 0 saturated carbocycles. The SMILES string of the molecule is O=C1N(Cc2ccco2)C(c2ccccc2)=N[C@@]1(NC(=O)S(=O)(=O)c1ccccc1)C(F)(F)F. The maximum Gasteiger partial charge on any atom is 0.442 e. The van der Waals surface area contributed by atoms with E-state index in [4.69, 9.17) is 4.42 Å². The highest BCUT2D eigenvalue weighted by Gasteiger charge is 2.68. The first kappa shape index (κ1) is 23.2. The largest absolute Gasteiger partial charge is 0.467 e. The summed E-state index contributed by atoms with van der Waals surface area (Å²) in [6.07, 6.45) is -4.19. The molecule has 3 aromatic rings. The number of hydrogen-bond donors (Lipinski definition) is 1. The van der Waals surface area contributed by atoms with E-state index in [1.807, 2.05) is 0 Å². The Kier molecular flexibility index (Phi) is 5.77. The van der Waals surface area contributed by atoms with Crippen LogP contribution in [-0.4, -0.2) is 42.1 Å². The molecular formula is C22H16F3N3O5S. The second-order valence-electron chi connectivity index (χ2n) is 7.21. The third-order valence-electron chi connectivity index (χ3n) is 5.00. The lowest BCUT2D eigenvalue weighted by molar-refractivity contribution is -0.195. The van der Waals surface area contributed by atoms with Crippen molar-refractivity contribution in [3.63, 3.8) is 0 Å². The molecule has 0 bridgehead atoms. The molecule has 0 unspecified atom stereocenters. The number of amidine groups is 1. The maximum absolute atomic E-state index is 14.4. The minimum absolute atomic E-state index is 0.147. The van der Waals surface area contributed by atoms with Gasteiger partial charge in [0.1, 0.15) is 11.6 Å². The maximum atomic E-state index is 14.4. The van der Waals surface area contributed by atoms with Gasteiger partial charge >= 0.3 is 17.1 Å². The normalized spacial score (nSPS) is 18.6. The summed E-state index contributed by atoms with van der Waals surface area (Å²) in [4.78, 5) is 29.6. The second kappa shape index (κ2) is 8.45. The van der Waals surface area contributed by atoms with Crippen LogP contribution in [0.25, 0.3) is 0 Å². The average Bonchev–Trinajstić information content (AvgIpc) is 3.43. The van der Waals surface area contributed by atoms with E-state index < -0.39 is 50.1 Å². The number of amides is 2. The Labute approximate surface area is 191 Å². The number of carbonyl (C=O) groups excluding carboxylic acids is 2. The van der Waals surface area contributed by atoms with Crippen molar-refractivity contribution in [3.8, 4) is 0 Å². The van der Waals surface area contributed by atoms with Crippen LogP contribution in [0.3, 0.4) is 0 Å². The molecule has 34 heavy (non-hydrogen) atoms. The van der Waals surface area contributed by atoms with Crippen LogP contribution in [0, 0.1) is 0 Å². The predicted molar refractivity (Wildman–Crippen MR) is 113 cm³/mol. The van der Waals surface area contributed by atoms with Crippen molar-refractivity contribution in [1.29, 1.82) is 0 Å². The van der Waals surface area contributed by atoms with Gasteiger partial charge in [-0.15, -0.1) is 0 Å². The number of benzene rings is 2. The third-order valence-corrected chi connectivity index (χ3v) is 6.48. The molecular weight excluding hydrogens is 475 g/mol. The fraction of sp³-hybridized carbons (Fsp3) is 0.136. The van der Waals surface area contributed by atoms with Crippen LogP contribution in [0.15, 0.2) is 93.4 Å². The molecule has 176 valence electrons. The fourth-order valence-electron chi connectivity index (χ4n) is 3.33. The van der Waals surface area contributed by atoms with Crippen LogP contribution in [0.4, 0.5) is 18.0 Å². The van der Waals surface area contributed by atoms with E-state index >= 15 is 0 Å². The van der Waals surface area contributed by atoms with Gasteiger partial charge in [0, 0.05) is 5.56 Å². The van der Waals surface area contributed by atoms with Crippen LogP contribution in [0.2, 0.25) is 0 Å². The summed E-state index contributed by atoms with van der Waals surface area (Å²) in [5.74, 6) is -1.93. The number of alkyl halides is 3. The lowest BCUT2D eigenvalue weighted by Crippen LogP contribution is -2.63. The summed E-state index contributed by atoms with van der Waals surface area (Å²) in [6.45, 7) is -0.432. The molecule has 0 aliphatic carbocycles. The molecule has 1 N–H and O–H groups in total. The topological polar surface area (TPSA) is 109 Å². The van der Waals surface area contributed by atoms with Gasteiger partial charge in [0.15, 0.2) is 0 Å². The van der Waals surface area contributed by atoms with Crippen molar-refractivity contribution in [2.75, 3.05) is 0 Å². The Balaban J connectivity index is 1.81. The summed E-state index contributed by atoms with van der Waals surface area (Å²) in [6, 6.07) is 16.6. The average molecular weight is 491 g/mol. The van der Waals surface area contributed by atoms with Gasteiger partial charge in [-0.1, -0.05) is 48.5 Å². The molecule has 2 heterocycles. The van der Waals surface area contributed by atoms with Crippen molar-refractivity contribution in [2.24, 2.45) is 4.99 Å². The van der Waals surface area contributed by atoms with Crippen LogP contribution in [0.1, 0.15) is 11.3 Å². The van der Waals surface area contributed by atoms with Gasteiger partial charge in [0.05, 0.1) is 17.7 Å². The van der Waals surface area contributed by atoms with Gasteiger partial charge in [-0.25, -0.2) is 13.4 Å². The number of carbonyl (C=O) groups is 2. The molecule has 0 spiro atoms. The quantitative estimate of drug-likeness (QED) is 0.588. The summed E-state index contributed by atoms with van der Waals surface area (Å²) in [5.41, 5.74) is -3.71. The van der Waals surface area contributed by atoms with Crippen molar-refractivity contribution in [1.82, 2.24) is 10.2 Å². The monoisotopic (exact) mass is 491 g/mol. The summed E-state index contributed by atoms with van der Waals surface area (Å²) in [7, 11) is -4.91. The van der Waals surface area contributed by atoms with Gasteiger partial charge in [-0.05, 0) is 24.3 Å². The number of sulfone groups is 1. The first-order valence-electron chi connectivity index (χ1n) is 9.75. The molecule has 1 aromatic heterocycles. The zero-order valence-corrected chi connectivity index (χ0v) is 18.0. The molecule has 0 fully saturated rings. The summed E-state index contributed by atoms with van der Waals surface area (Å²) in [5, 5.41) is -0.645. The van der Waals surface area contributed by atoms with Gasteiger partial charge in [0.2, 0.25) is 0 Å². The van der Waals surface area contributed by atoms with Gasteiger partial charge in [-0.3, -0.25) is 14.5 Å². The van der Waals surface area contributed by atoms with Gasteiger partial charge in [-0.2, -0.15) is 13.2 Å². The zero-order valence-electron chi connectivity index (χ0n) is 17.2. The lowest BCUT2D eigenvalue weighted by Gasteiger charge is -2.28. The summed E-state index contributed by atoms with van der Waals surface area (Å²) >= 11 is 0. The van der Waals surface area contributed by atoms with Gasteiger partial charge < -0.3 is 9.73 Å². The van der Waals surface area contributed by atoms with Crippen LogP contribution in [-0.2, 0) is 21.2 Å². The first-order chi connectivity index (χ1) is 16.1. The van der Waals surface area contributed by atoms with Gasteiger partial charge in [0.25, 0.3) is 15.7 Å². The lowest BCUT2D eigenvalue weighted by atomic mass is 10.1. The Morgan fingerprint density at radius 2 is 1.62 bits per heavy atom. The third kappa shape index (κ3) is 3.96. The van der Waals surface area contributed by atoms with E-state index in [0.717, 1.165) is 12.1 Å². The van der Waals surface area contributed by atoms with E-state index in [9.17, 15) is 31.2 Å². The number of nitrogens with one attached hydrogen (secondary N) is 1. The number of rotatable bonds is 5. The van der Waals surface area contributed by atoms with Crippen molar-refractivity contribution in [2.45, 2.75) is 23.3 Å². The Hall–Kier alpha value is -3.93. The van der Waals surface area contributed by atoms with E-state index in [1.165, 1.54) is 66.2 Å². The molecule has 8 nitrogen and oxygen atoms in total. The molecule has 2 amide bonds. The van der Waals surface area contributed by atoms with E-state index in [-0.39, 0.29) is 11.3 Å². The van der Waals surface area contributed by atoms with E-state index in [1.54, 1.807) is 6.07 Å². The summed E-state index contributed by atoms with van der Waals surface area (Å²) < 4.78 is 73.5. The van der Waals surface area contributed by atoms with Crippen LogP contribution in [0.5, 0.6) is 0 Å². The molecule has 12 heteroatoms. The molecule has 2 aromatic carbocycles. The minimum atomic E-state index is -5.47. The number of nitrogens with zero attached hydrogens (tertiary/aromatic N) is 2. The second-order valence-corrected chi connectivity index (χ2v) is 9.06. The highest BCUT2D eigenvalue weighted by Crippen LogP contribution is 2.39. The molecule has 1 aliphatic rings. The molecule has 0 radical (unpaired) electrons. The number of hydrogen-bond acceptors (Lipinski definition) is 6. The Morgan fingerprint density at radius 1 is 1.00 bits per heavy atom. The van der Waals surface area contributed by atoms with Crippen LogP contribution < -0.4 is 5.32 Å². The number of furan rings is 1. The van der Waals surface area contributed by atoms with Crippen molar-refractivity contribution < 1.29 is 35.6 Å². The number of halogens is 3. The minimum Gasteiger partial charge on any atom is -0.467 e. The van der Waals surface area contributed by atoms with Crippen molar-refractivity contribution in [3.05, 3.63) is 90.4 Å². The number of aliphatic imine (C=N–C) groups is 1. The highest BCUT2D eigenvalue weighted by atomic mass is 32.2. The Morgan fingerprint density at radius 3 is 2.18 bits per heavy atom. The zero-order chi connectivity index (χ0) is 24.6. The Bertz CT molecular complexity index is 1340. The van der Waals surface area contributed by atoms with E-state index in [0.29, 0.717) is 4.90 Å². The van der Waals surface area contributed by atoms with Crippen LogP contribution >= 0.6 is 0 Å². The van der Waals surface area contributed by atoms with E-state index in [2.05, 4.69) is 4.99 Å². The predicted octanol–water partition coefficient (Wildman–Crippen LogP) is 3.51.